The smallest absolute Gasteiger partial charge is 0.219 e. The fraction of sp³-hybridized carbons (Fsp3) is 0.200. The number of aromatic nitrogens is 2. The topological polar surface area (TPSA) is 86.9 Å². The lowest BCUT2D eigenvalue weighted by atomic mass is 10.3. The van der Waals surface area contributed by atoms with Crippen LogP contribution in [0.1, 0.15) is 6.42 Å². The fourth-order valence-electron chi connectivity index (χ4n) is 1.60. The Morgan fingerprint density at radius 3 is 2.88 bits per heavy atom. The first-order chi connectivity index (χ1) is 7.99. The molecular formula is C10H10FIN4O. The molecule has 1 heterocycles. The van der Waals surface area contributed by atoms with Crippen LogP contribution in [0.15, 0.2) is 12.1 Å². The number of aryl methyl sites for hydroxylation is 1. The third-order valence-electron chi connectivity index (χ3n) is 2.40. The van der Waals surface area contributed by atoms with Crippen molar-refractivity contribution in [1.29, 1.82) is 0 Å². The highest BCUT2D eigenvalue weighted by atomic mass is 127. The van der Waals surface area contributed by atoms with Gasteiger partial charge in [-0.3, -0.25) is 4.79 Å². The molecule has 0 saturated carbocycles. The van der Waals surface area contributed by atoms with E-state index in [4.69, 9.17) is 11.5 Å². The van der Waals surface area contributed by atoms with Crippen LogP contribution in [0.5, 0.6) is 0 Å². The lowest BCUT2D eigenvalue weighted by molar-refractivity contribution is -0.118. The van der Waals surface area contributed by atoms with Crippen molar-refractivity contribution in [3.63, 3.8) is 0 Å². The van der Waals surface area contributed by atoms with Crippen molar-refractivity contribution in [3.05, 3.63) is 21.5 Å². The average Bonchev–Trinajstić information content (AvgIpc) is 2.52. The molecule has 0 aliphatic rings. The molecule has 2 rings (SSSR count). The maximum Gasteiger partial charge on any atom is 0.219 e. The molecule has 0 fully saturated rings. The number of carbonyl (C=O) groups is 1. The Balaban J connectivity index is 2.50. The monoisotopic (exact) mass is 348 g/mol. The minimum absolute atomic E-state index is 0.142. The van der Waals surface area contributed by atoms with Gasteiger partial charge in [0, 0.05) is 19.0 Å². The highest BCUT2D eigenvalue weighted by Gasteiger charge is 2.11. The summed E-state index contributed by atoms with van der Waals surface area (Å²) >= 11 is 1.89. The van der Waals surface area contributed by atoms with Crippen LogP contribution in [0.3, 0.4) is 0 Å². The van der Waals surface area contributed by atoms with Crippen molar-refractivity contribution in [2.75, 3.05) is 5.73 Å². The predicted octanol–water partition coefficient (Wildman–Crippen LogP) is 1.24. The number of hydrogen-bond acceptors (Lipinski definition) is 3. The Morgan fingerprint density at radius 2 is 2.24 bits per heavy atom. The summed E-state index contributed by atoms with van der Waals surface area (Å²) in [6, 6.07) is 2.98. The fourth-order valence-corrected chi connectivity index (χ4v) is 2.05. The van der Waals surface area contributed by atoms with E-state index in [-0.39, 0.29) is 18.2 Å². The Morgan fingerprint density at radius 1 is 1.53 bits per heavy atom. The van der Waals surface area contributed by atoms with Crippen LogP contribution in [0.25, 0.3) is 11.0 Å². The summed E-state index contributed by atoms with van der Waals surface area (Å²) in [7, 11) is 0. The van der Waals surface area contributed by atoms with Crippen molar-refractivity contribution in [3.8, 4) is 0 Å². The summed E-state index contributed by atoms with van der Waals surface area (Å²) in [4.78, 5) is 14.8. The van der Waals surface area contributed by atoms with Gasteiger partial charge in [-0.15, -0.1) is 0 Å². The first kappa shape index (κ1) is 12.1. The van der Waals surface area contributed by atoms with E-state index >= 15 is 0 Å². The van der Waals surface area contributed by atoms with Crippen molar-refractivity contribution < 1.29 is 9.18 Å². The van der Waals surface area contributed by atoms with Crippen LogP contribution in [-0.2, 0) is 11.3 Å². The largest absolute Gasteiger partial charge is 0.370 e. The second-order valence-electron chi connectivity index (χ2n) is 3.59. The number of benzene rings is 1. The number of nitrogens with zero attached hydrogens (tertiary/aromatic N) is 2. The average molecular weight is 348 g/mol. The predicted molar refractivity (Wildman–Crippen MR) is 70.6 cm³/mol. The molecule has 1 aromatic carbocycles. The number of nitrogens with two attached hydrogens (primary N) is 2. The molecule has 4 N–H and O–H groups in total. The second kappa shape index (κ2) is 4.47. The SMILES string of the molecule is NC(=O)CCn1c(N)nc2cc(I)c(F)cc21. The summed E-state index contributed by atoms with van der Waals surface area (Å²) in [5, 5.41) is 0. The van der Waals surface area contributed by atoms with E-state index in [0.29, 0.717) is 21.1 Å². The molecule has 0 unspecified atom stereocenters. The number of fused-ring (bicyclic) bond motifs is 1. The van der Waals surface area contributed by atoms with Crippen LogP contribution >= 0.6 is 22.6 Å². The zero-order valence-electron chi connectivity index (χ0n) is 8.78. The Hall–Kier alpha value is -1.38. The molecule has 0 saturated heterocycles. The zero-order valence-corrected chi connectivity index (χ0v) is 10.9. The maximum absolute atomic E-state index is 13.5. The number of primary amides is 1. The molecule has 1 aromatic heterocycles. The van der Waals surface area contributed by atoms with E-state index < -0.39 is 5.91 Å². The van der Waals surface area contributed by atoms with E-state index in [1.165, 1.54) is 6.07 Å². The minimum atomic E-state index is -0.433. The summed E-state index contributed by atoms with van der Waals surface area (Å²) < 4.78 is 15.5. The van der Waals surface area contributed by atoms with E-state index in [1.807, 2.05) is 22.6 Å². The summed E-state index contributed by atoms with van der Waals surface area (Å²) in [6.45, 7) is 0.303. The molecule has 1 amide bonds. The Kier molecular flexibility index (Phi) is 3.18. The molecular weight excluding hydrogens is 338 g/mol. The molecule has 0 radical (unpaired) electrons. The van der Waals surface area contributed by atoms with Crippen LogP contribution in [-0.4, -0.2) is 15.5 Å². The standard InChI is InChI=1S/C10H10FIN4O/c11-5-3-8-7(4-6(5)12)15-10(14)16(8)2-1-9(13)17/h3-4H,1-2H2,(H2,13,17)(H2,14,15). The number of amides is 1. The van der Waals surface area contributed by atoms with Gasteiger partial charge in [-0.2, -0.15) is 0 Å². The van der Waals surface area contributed by atoms with Crippen LogP contribution in [0.4, 0.5) is 10.3 Å². The molecule has 0 aliphatic heterocycles. The highest BCUT2D eigenvalue weighted by molar-refractivity contribution is 14.1. The number of nitrogen functional groups attached to an aromatic ring is 1. The first-order valence-electron chi connectivity index (χ1n) is 4.88. The maximum atomic E-state index is 13.5. The van der Waals surface area contributed by atoms with Crippen LogP contribution < -0.4 is 11.5 Å². The van der Waals surface area contributed by atoms with E-state index in [1.54, 1.807) is 10.6 Å². The van der Waals surface area contributed by atoms with Crippen LogP contribution in [0, 0.1) is 9.39 Å². The Bertz CT molecular complexity index is 595. The van der Waals surface area contributed by atoms with Gasteiger partial charge in [-0.25, -0.2) is 9.37 Å². The lowest BCUT2D eigenvalue weighted by Gasteiger charge is -2.04. The number of anilines is 1. The third kappa shape index (κ3) is 2.33. The van der Waals surface area contributed by atoms with Crippen molar-refractivity contribution in [1.82, 2.24) is 9.55 Å². The van der Waals surface area contributed by atoms with E-state index in [2.05, 4.69) is 4.98 Å². The third-order valence-corrected chi connectivity index (χ3v) is 3.23. The van der Waals surface area contributed by atoms with Crippen molar-refractivity contribution in [2.45, 2.75) is 13.0 Å². The summed E-state index contributed by atoms with van der Waals surface area (Å²) in [5.74, 6) is -0.516. The normalized spacial score (nSPS) is 10.9. The van der Waals surface area contributed by atoms with Gasteiger partial charge in [-0.1, -0.05) is 0 Å². The molecule has 0 atom stereocenters. The lowest BCUT2D eigenvalue weighted by Crippen LogP contribution is -2.14. The van der Waals surface area contributed by atoms with E-state index in [0.717, 1.165) is 0 Å². The quantitative estimate of drug-likeness (QED) is 0.819. The number of hydrogen-bond donors (Lipinski definition) is 2. The summed E-state index contributed by atoms with van der Waals surface area (Å²) in [5.41, 5.74) is 12.0. The molecule has 0 aliphatic carbocycles. The van der Waals surface area contributed by atoms with Gasteiger partial charge in [-0.05, 0) is 28.7 Å². The van der Waals surface area contributed by atoms with Gasteiger partial charge in [0.25, 0.3) is 0 Å². The van der Waals surface area contributed by atoms with E-state index in [9.17, 15) is 9.18 Å². The number of carbonyl (C=O) groups excluding carboxylic acids is 1. The second-order valence-corrected chi connectivity index (χ2v) is 4.76. The van der Waals surface area contributed by atoms with Gasteiger partial charge in [0.15, 0.2) is 0 Å². The number of halogens is 2. The molecule has 7 heteroatoms. The molecule has 0 bridgehead atoms. The summed E-state index contributed by atoms with van der Waals surface area (Å²) in [6.07, 6.45) is 0.142. The first-order valence-corrected chi connectivity index (χ1v) is 5.96. The van der Waals surface area contributed by atoms with Crippen LogP contribution in [0.2, 0.25) is 0 Å². The van der Waals surface area contributed by atoms with Gasteiger partial charge >= 0.3 is 0 Å². The van der Waals surface area contributed by atoms with Gasteiger partial charge < -0.3 is 16.0 Å². The van der Waals surface area contributed by atoms with Gasteiger partial charge in [0.05, 0.1) is 14.6 Å². The molecule has 2 aromatic rings. The molecule has 17 heavy (non-hydrogen) atoms. The molecule has 5 nitrogen and oxygen atoms in total. The zero-order chi connectivity index (χ0) is 12.6. The number of imidazole rings is 1. The van der Waals surface area contributed by atoms with Gasteiger partial charge in [0.1, 0.15) is 5.82 Å². The van der Waals surface area contributed by atoms with Crippen molar-refractivity contribution in [2.24, 2.45) is 5.73 Å². The molecule has 90 valence electrons. The highest BCUT2D eigenvalue weighted by Crippen LogP contribution is 2.23. The molecule has 0 spiro atoms. The van der Waals surface area contributed by atoms with Crippen molar-refractivity contribution >= 4 is 45.5 Å². The minimum Gasteiger partial charge on any atom is -0.370 e. The number of rotatable bonds is 3. The Labute approximate surface area is 110 Å². The van der Waals surface area contributed by atoms with Gasteiger partial charge in [0.2, 0.25) is 11.9 Å².